The molecule has 0 aliphatic carbocycles. The molecule has 0 aliphatic heterocycles. The maximum absolute atomic E-state index is 4.35. The van der Waals surface area contributed by atoms with Crippen LogP contribution in [0.3, 0.4) is 0 Å². The molecule has 0 atom stereocenters. The lowest BCUT2D eigenvalue weighted by Gasteiger charge is -2.04. The Kier molecular flexibility index (Phi) is 3.69. The van der Waals surface area contributed by atoms with Crippen LogP contribution in [-0.4, -0.2) is 19.6 Å². The summed E-state index contributed by atoms with van der Waals surface area (Å²) in [6.45, 7) is 8.14. The van der Waals surface area contributed by atoms with Crippen LogP contribution in [0.5, 0.6) is 0 Å². The second kappa shape index (κ2) is 5.25. The highest BCUT2D eigenvalue weighted by atomic mass is 15.3. The van der Waals surface area contributed by atoms with E-state index in [1.807, 2.05) is 35.7 Å². The van der Waals surface area contributed by atoms with E-state index in [2.05, 4.69) is 35.6 Å². The molecule has 2 aromatic heterocycles. The molecule has 2 aromatic rings. The molecule has 0 saturated carbocycles. The van der Waals surface area contributed by atoms with Crippen LogP contribution in [0.15, 0.2) is 18.6 Å². The minimum atomic E-state index is 0.617. The fourth-order valence-electron chi connectivity index (χ4n) is 1.94. The van der Waals surface area contributed by atoms with Crippen LogP contribution in [0, 0.1) is 12.8 Å². The molecule has 0 radical (unpaired) electrons. The molecule has 2 rings (SSSR count). The molecule has 98 valence electrons. The number of rotatable bonds is 5. The van der Waals surface area contributed by atoms with Crippen LogP contribution in [0.2, 0.25) is 0 Å². The zero-order chi connectivity index (χ0) is 13.1. The highest BCUT2D eigenvalue weighted by molar-refractivity contribution is 5.45. The van der Waals surface area contributed by atoms with E-state index in [1.54, 1.807) is 0 Å². The van der Waals surface area contributed by atoms with Crippen LogP contribution < -0.4 is 5.32 Å². The van der Waals surface area contributed by atoms with Gasteiger partial charge in [0.2, 0.25) is 0 Å². The molecule has 0 bridgehead atoms. The third-order valence-electron chi connectivity index (χ3n) is 2.74. The van der Waals surface area contributed by atoms with Crippen LogP contribution in [0.25, 0.3) is 0 Å². The lowest BCUT2D eigenvalue weighted by atomic mass is 10.2. The van der Waals surface area contributed by atoms with Gasteiger partial charge in [0.25, 0.3) is 0 Å². The summed E-state index contributed by atoms with van der Waals surface area (Å²) in [6, 6.07) is 0. The maximum atomic E-state index is 4.35. The van der Waals surface area contributed by atoms with E-state index in [0.717, 1.165) is 24.5 Å². The van der Waals surface area contributed by atoms with Crippen molar-refractivity contribution in [3.63, 3.8) is 0 Å². The molecule has 2 heterocycles. The molecule has 0 aliphatic rings. The van der Waals surface area contributed by atoms with E-state index in [9.17, 15) is 0 Å². The van der Waals surface area contributed by atoms with E-state index in [4.69, 9.17) is 0 Å². The van der Waals surface area contributed by atoms with Gasteiger partial charge in [-0.15, -0.1) is 0 Å². The highest BCUT2D eigenvalue weighted by Crippen LogP contribution is 2.13. The third kappa shape index (κ3) is 3.12. The number of hydrogen-bond donors (Lipinski definition) is 1. The second-order valence-corrected chi connectivity index (χ2v) is 5.12. The minimum absolute atomic E-state index is 0.617. The standard InChI is InChI=1S/C13H21N5/c1-10(2)7-18-8-12(6-15-18)5-14-13-9-17(4)16-11(13)3/h6,8-10,14H,5,7H2,1-4H3. The summed E-state index contributed by atoms with van der Waals surface area (Å²) in [6.07, 6.45) is 6.01. The van der Waals surface area contributed by atoms with Gasteiger partial charge in [0.1, 0.15) is 0 Å². The Labute approximate surface area is 108 Å². The van der Waals surface area contributed by atoms with Gasteiger partial charge in [0, 0.05) is 38.1 Å². The first kappa shape index (κ1) is 12.7. The summed E-state index contributed by atoms with van der Waals surface area (Å²) in [4.78, 5) is 0. The Morgan fingerprint density at radius 3 is 2.72 bits per heavy atom. The number of anilines is 1. The first-order chi connectivity index (χ1) is 8.54. The zero-order valence-electron chi connectivity index (χ0n) is 11.5. The Morgan fingerprint density at radius 1 is 1.33 bits per heavy atom. The van der Waals surface area contributed by atoms with Gasteiger partial charge in [-0.1, -0.05) is 13.8 Å². The molecule has 0 amide bonds. The summed E-state index contributed by atoms with van der Waals surface area (Å²) in [5.74, 6) is 0.617. The SMILES string of the molecule is Cc1nn(C)cc1NCc1cnn(CC(C)C)c1. The Bertz CT molecular complexity index is 509. The lowest BCUT2D eigenvalue weighted by Crippen LogP contribution is -2.04. The molecule has 5 heteroatoms. The Morgan fingerprint density at radius 2 is 2.11 bits per heavy atom. The fraction of sp³-hybridized carbons (Fsp3) is 0.538. The van der Waals surface area contributed by atoms with Crippen molar-refractivity contribution < 1.29 is 0 Å². The van der Waals surface area contributed by atoms with E-state index >= 15 is 0 Å². The van der Waals surface area contributed by atoms with Crippen LogP contribution >= 0.6 is 0 Å². The quantitative estimate of drug-likeness (QED) is 0.881. The molecule has 0 unspecified atom stereocenters. The van der Waals surface area contributed by atoms with Gasteiger partial charge in [0.05, 0.1) is 17.6 Å². The van der Waals surface area contributed by atoms with Gasteiger partial charge < -0.3 is 5.32 Å². The average molecular weight is 247 g/mol. The van der Waals surface area contributed by atoms with Crippen LogP contribution in [0.1, 0.15) is 25.1 Å². The molecule has 18 heavy (non-hydrogen) atoms. The molecule has 0 spiro atoms. The van der Waals surface area contributed by atoms with Crippen LogP contribution in [-0.2, 0) is 20.1 Å². The van der Waals surface area contributed by atoms with Crippen molar-refractivity contribution in [1.29, 1.82) is 0 Å². The van der Waals surface area contributed by atoms with E-state index in [1.165, 1.54) is 5.56 Å². The average Bonchev–Trinajstić information content (AvgIpc) is 2.82. The van der Waals surface area contributed by atoms with Crippen LogP contribution in [0.4, 0.5) is 5.69 Å². The molecular formula is C13H21N5. The fourth-order valence-corrected chi connectivity index (χ4v) is 1.94. The van der Waals surface area contributed by atoms with Gasteiger partial charge in [-0.2, -0.15) is 10.2 Å². The predicted molar refractivity (Wildman–Crippen MR) is 72.3 cm³/mol. The largest absolute Gasteiger partial charge is 0.378 e. The normalized spacial score (nSPS) is 11.2. The minimum Gasteiger partial charge on any atom is -0.378 e. The summed E-state index contributed by atoms with van der Waals surface area (Å²) < 4.78 is 3.82. The highest BCUT2D eigenvalue weighted by Gasteiger charge is 2.04. The number of nitrogens with one attached hydrogen (secondary N) is 1. The topological polar surface area (TPSA) is 47.7 Å². The summed E-state index contributed by atoms with van der Waals surface area (Å²) in [5.41, 5.74) is 3.29. The van der Waals surface area contributed by atoms with Gasteiger partial charge in [0.15, 0.2) is 0 Å². The number of aromatic nitrogens is 4. The second-order valence-electron chi connectivity index (χ2n) is 5.12. The third-order valence-corrected chi connectivity index (χ3v) is 2.74. The Balaban J connectivity index is 1.94. The van der Waals surface area contributed by atoms with E-state index < -0.39 is 0 Å². The molecular weight excluding hydrogens is 226 g/mol. The van der Waals surface area contributed by atoms with E-state index in [-0.39, 0.29) is 0 Å². The summed E-state index contributed by atoms with van der Waals surface area (Å²) in [5, 5.41) is 12.0. The van der Waals surface area contributed by atoms with E-state index in [0.29, 0.717) is 5.92 Å². The van der Waals surface area contributed by atoms with Gasteiger partial charge in [-0.25, -0.2) is 0 Å². The van der Waals surface area contributed by atoms with Crippen molar-refractivity contribution in [2.45, 2.75) is 33.9 Å². The maximum Gasteiger partial charge on any atom is 0.0825 e. The van der Waals surface area contributed by atoms with Gasteiger partial charge >= 0.3 is 0 Å². The predicted octanol–water partition coefficient (Wildman–Crippen LogP) is 2.19. The number of hydrogen-bond acceptors (Lipinski definition) is 3. The molecule has 5 nitrogen and oxygen atoms in total. The summed E-state index contributed by atoms with van der Waals surface area (Å²) >= 11 is 0. The van der Waals surface area contributed by atoms with Gasteiger partial charge in [-0.3, -0.25) is 9.36 Å². The molecule has 0 saturated heterocycles. The molecule has 1 N–H and O–H groups in total. The van der Waals surface area contributed by atoms with Crippen molar-refractivity contribution in [1.82, 2.24) is 19.6 Å². The summed E-state index contributed by atoms with van der Waals surface area (Å²) in [7, 11) is 1.93. The Hall–Kier alpha value is -1.78. The first-order valence-corrected chi connectivity index (χ1v) is 6.30. The van der Waals surface area contributed by atoms with Crippen molar-refractivity contribution in [3.05, 3.63) is 29.8 Å². The van der Waals surface area contributed by atoms with Crippen molar-refractivity contribution in [3.8, 4) is 0 Å². The lowest BCUT2D eigenvalue weighted by molar-refractivity contribution is 0.483. The van der Waals surface area contributed by atoms with Crippen molar-refractivity contribution in [2.24, 2.45) is 13.0 Å². The molecule has 0 aromatic carbocycles. The first-order valence-electron chi connectivity index (χ1n) is 6.30. The smallest absolute Gasteiger partial charge is 0.0825 e. The van der Waals surface area contributed by atoms with Crippen molar-refractivity contribution in [2.75, 3.05) is 5.32 Å². The van der Waals surface area contributed by atoms with Gasteiger partial charge in [-0.05, 0) is 12.8 Å². The monoisotopic (exact) mass is 247 g/mol. The number of aryl methyl sites for hydroxylation is 2. The van der Waals surface area contributed by atoms with Crippen molar-refractivity contribution >= 4 is 5.69 Å². The zero-order valence-corrected chi connectivity index (χ0v) is 11.5. The number of nitrogens with zero attached hydrogens (tertiary/aromatic N) is 4. The molecule has 0 fully saturated rings.